The number of nitrogens with zero attached hydrogens (tertiary/aromatic N) is 1. The predicted molar refractivity (Wildman–Crippen MR) is 157 cm³/mol. The first-order chi connectivity index (χ1) is 20.1. The van der Waals surface area contributed by atoms with Crippen LogP contribution in [0, 0.1) is 34.5 Å². The van der Waals surface area contributed by atoms with E-state index in [-0.39, 0.29) is 24.2 Å². The molecule has 2 saturated carbocycles. The molecule has 9 nitrogen and oxygen atoms in total. The van der Waals surface area contributed by atoms with Gasteiger partial charge in [0.15, 0.2) is 28.7 Å². The SMILES string of the molecule is CCN(CC)Cc1cc(-c2ccoc2)c2c(c1O)C(=O)C1C(=O)[C@@]3(O)C(=O)C(C(C)=O)C(=O)C(C(C)C)[C@@]3(C)C[C@@]1(C)C2. The summed E-state index contributed by atoms with van der Waals surface area (Å²) in [4.78, 5) is 71.3. The van der Waals surface area contributed by atoms with E-state index < -0.39 is 69.0 Å². The second-order valence-electron chi connectivity index (χ2n) is 13.6. The van der Waals surface area contributed by atoms with Gasteiger partial charge in [-0.15, -0.1) is 0 Å². The van der Waals surface area contributed by atoms with Crippen molar-refractivity contribution in [2.24, 2.45) is 34.5 Å². The number of aromatic hydroxyl groups is 1. The maximum atomic E-state index is 14.6. The Kier molecular flexibility index (Phi) is 7.45. The van der Waals surface area contributed by atoms with Gasteiger partial charge in [-0.25, -0.2) is 0 Å². The highest BCUT2D eigenvalue weighted by atomic mass is 16.3. The van der Waals surface area contributed by atoms with Gasteiger partial charge in [-0.2, -0.15) is 0 Å². The highest BCUT2D eigenvalue weighted by Crippen LogP contribution is 2.64. The van der Waals surface area contributed by atoms with Gasteiger partial charge >= 0.3 is 0 Å². The zero-order valence-electron chi connectivity index (χ0n) is 25.9. The van der Waals surface area contributed by atoms with Gasteiger partial charge in [0.25, 0.3) is 0 Å². The number of phenolic OH excluding ortho intramolecular Hbond substituents is 1. The summed E-state index contributed by atoms with van der Waals surface area (Å²) in [7, 11) is 0. The summed E-state index contributed by atoms with van der Waals surface area (Å²) in [5.41, 5.74) is -2.88. The first kappa shape index (κ1) is 31.0. The quantitative estimate of drug-likeness (QED) is 0.453. The van der Waals surface area contributed by atoms with E-state index in [0.717, 1.165) is 6.92 Å². The van der Waals surface area contributed by atoms with Crippen LogP contribution in [0.1, 0.15) is 76.4 Å². The smallest absolute Gasteiger partial charge is 0.190 e. The summed E-state index contributed by atoms with van der Waals surface area (Å²) < 4.78 is 5.37. The Balaban J connectivity index is 1.76. The number of Topliss-reactive ketones (excluding diaryl/α,β-unsaturated/α-hetero) is 5. The van der Waals surface area contributed by atoms with Crippen LogP contribution in [0.4, 0.5) is 0 Å². The van der Waals surface area contributed by atoms with Gasteiger partial charge in [0.1, 0.15) is 17.5 Å². The minimum absolute atomic E-state index is 0.00625. The van der Waals surface area contributed by atoms with Crippen LogP contribution in [0.2, 0.25) is 0 Å². The van der Waals surface area contributed by atoms with Crippen LogP contribution in [0.5, 0.6) is 5.75 Å². The maximum Gasteiger partial charge on any atom is 0.190 e. The lowest BCUT2D eigenvalue weighted by molar-refractivity contribution is -0.205. The molecule has 0 radical (unpaired) electrons. The lowest BCUT2D eigenvalue weighted by Crippen LogP contribution is -2.76. The van der Waals surface area contributed by atoms with E-state index in [1.54, 1.807) is 40.0 Å². The number of ketones is 5. The van der Waals surface area contributed by atoms with Gasteiger partial charge in [-0.1, -0.05) is 41.5 Å². The molecule has 2 fully saturated rings. The lowest BCUT2D eigenvalue weighted by Gasteiger charge is -2.62. The van der Waals surface area contributed by atoms with Crippen LogP contribution in [0.25, 0.3) is 11.1 Å². The highest BCUT2D eigenvalue weighted by molar-refractivity contribution is 6.32. The number of hydrogen-bond acceptors (Lipinski definition) is 9. The Hall–Kier alpha value is -3.43. The number of carbonyl (C=O) groups excluding carboxylic acids is 5. The molecule has 0 spiro atoms. The molecule has 3 aliphatic carbocycles. The molecule has 6 atom stereocenters. The number of furan rings is 1. The van der Waals surface area contributed by atoms with Crippen LogP contribution in [0.3, 0.4) is 0 Å². The number of fused-ring (bicyclic) bond motifs is 3. The molecule has 0 amide bonds. The average Bonchev–Trinajstić information content (AvgIpc) is 3.45. The molecular formula is C34H41NO8. The largest absolute Gasteiger partial charge is 0.507 e. The minimum atomic E-state index is -2.72. The molecular weight excluding hydrogens is 550 g/mol. The van der Waals surface area contributed by atoms with E-state index in [1.807, 2.05) is 19.9 Å². The minimum Gasteiger partial charge on any atom is -0.507 e. The van der Waals surface area contributed by atoms with Gasteiger partial charge in [-0.05, 0) is 67.4 Å². The Bertz CT molecular complexity index is 1540. The maximum absolute atomic E-state index is 14.6. The summed E-state index contributed by atoms with van der Waals surface area (Å²) in [6.07, 6.45) is 3.28. The molecule has 2 aromatic rings. The second kappa shape index (κ2) is 10.3. The third-order valence-corrected chi connectivity index (χ3v) is 10.6. The number of phenols is 1. The molecule has 0 saturated heterocycles. The Morgan fingerprint density at radius 1 is 1.12 bits per heavy atom. The fourth-order valence-electron chi connectivity index (χ4n) is 8.74. The molecule has 1 heterocycles. The zero-order valence-corrected chi connectivity index (χ0v) is 25.9. The van der Waals surface area contributed by atoms with E-state index >= 15 is 0 Å². The highest BCUT2D eigenvalue weighted by Gasteiger charge is 2.76. The van der Waals surface area contributed by atoms with E-state index in [0.29, 0.717) is 41.9 Å². The molecule has 230 valence electrons. The number of hydrogen-bond donors (Lipinski definition) is 2. The van der Waals surface area contributed by atoms with Crippen LogP contribution in [-0.2, 0) is 32.1 Å². The first-order valence-corrected chi connectivity index (χ1v) is 15.1. The van der Waals surface area contributed by atoms with Crippen molar-refractivity contribution in [3.8, 4) is 16.9 Å². The summed E-state index contributed by atoms with van der Waals surface area (Å²) in [6, 6.07) is 3.63. The predicted octanol–water partition coefficient (Wildman–Crippen LogP) is 4.19. The topological polar surface area (TPSA) is 142 Å². The third kappa shape index (κ3) is 4.14. The van der Waals surface area contributed by atoms with Gasteiger partial charge in [0.2, 0.25) is 0 Å². The fraction of sp³-hybridized carbons (Fsp3) is 0.559. The second-order valence-corrected chi connectivity index (χ2v) is 13.6. The van der Waals surface area contributed by atoms with E-state index in [9.17, 15) is 34.2 Å². The van der Waals surface area contributed by atoms with Gasteiger partial charge in [-0.3, -0.25) is 28.9 Å². The van der Waals surface area contributed by atoms with Gasteiger partial charge in [0.05, 0.1) is 24.0 Å². The van der Waals surface area contributed by atoms with Crippen molar-refractivity contribution in [1.29, 1.82) is 0 Å². The van der Waals surface area contributed by atoms with Crippen molar-refractivity contribution in [2.45, 2.75) is 73.5 Å². The third-order valence-electron chi connectivity index (χ3n) is 10.6. The van der Waals surface area contributed by atoms with Crippen molar-refractivity contribution in [2.75, 3.05) is 13.1 Å². The van der Waals surface area contributed by atoms with Crippen LogP contribution in [-0.4, -0.2) is 62.7 Å². The van der Waals surface area contributed by atoms with Crippen molar-refractivity contribution < 1.29 is 38.6 Å². The van der Waals surface area contributed by atoms with Crippen LogP contribution < -0.4 is 0 Å². The number of rotatable bonds is 7. The van der Waals surface area contributed by atoms with E-state index in [1.165, 1.54) is 6.26 Å². The van der Waals surface area contributed by atoms with Gasteiger partial charge in [0, 0.05) is 29.0 Å². The normalized spacial score (nSPS) is 32.2. The number of carbonyl (C=O) groups is 5. The van der Waals surface area contributed by atoms with E-state index in [2.05, 4.69) is 4.90 Å². The first-order valence-electron chi connectivity index (χ1n) is 15.1. The molecule has 0 bridgehead atoms. The summed E-state index contributed by atoms with van der Waals surface area (Å²) in [5.74, 6) is -8.95. The molecule has 5 rings (SSSR count). The van der Waals surface area contributed by atoms with Crippen molar-refractivity contribution in [3.63, 3.8) is 0 Å². The van der Waals surface area contributed by atoms with Crippen molar-refractivity contribution in [1.82, 2.24) is 4.90 Å². The lowest BCUT2D eigenvalue weighted by atomic mass is 9.39. The molecule has 9 heteroatoms. The Morgan fingerprint density at radius 3 is 2.30 bits per heavy atom. The summed E-state index contributed by atoms with van der Waals surface area (Å²) in [5, 5.41) is 23.8. The molecule has 0 aliphatic heterocycles. The fourth-order valence-corrected chi connectivity index (χ4v) is 8.74. The van der Waals surface area contributed by atoms with Crippen LogP contribution >= 0.6 is 0 Å². The van der Waals surface area contributed by atoms with Crippen LogP contribution in [0.15, 0.2) is 29.1 Å². The molecule has 43 heavy (non-hydrogen) atoms. The monoisotopic (exact) mass is 591 g/mol. The zero-order chi connectivity index (χ0) is 31.8. The number of aliphatic hydroxyl groups is 1. The van der Waals surface area contributed by atoms with Crippen molar-refractivity contribution >= 4 is 28.9 Å². The summed E-state index contributed by atoms with van der Waals surface area (Å²) >= 11 is 0. The molecule has 2 N–H and O–H groups in total. The standard InChI is InChI=1S/C34H41NO8/c1-8-35(9-2)14-20-12-21(19-10-11-43-15-19)22-13-32(6)16-33(7)25(17(3)4)28(38)23(18(5)36)30(40)34(33,42)31(41)26(32)29(39)24(22)27(20)37/h10-12,15,17,23,25-26,37,42H,8-9,13-14,16H2,1-7H3/t23?,25?,26?,32-,33-,34+/m1/s1. The summed E-state index contributed by atoms with van der Waals surface area (Å²) in [6.45, 7) is 13.8. The van der Waals surface area contributed by atoms with Crippen molar-refractivity contribution in [3.05, 3.63) is 41.3 Å². The molecule has 3 aliphatic rings. The Morgan fingerprint density at radius 2 is 1.77 bits per heavy atom. The van der Waals surface area contributed by atoms with Gasteiger partial charge < -0.3 is 14.6 Å². The molecule has 1 aromatic heterocycles. The molecule has 1 aromatic carbocycles. The Labute approximate surface area is 251 Å². The molecule has 3 unspecified atom stereocenters. The number of benzene rings is 1. The van der Waals surface area contributed by atoms with E-state index in [4.69, 9.17) is 4.42 Å². The average molecular weight is 592 g/mol.